The molecule has 2 aromatic carbocycles. The fourth-order valence-corrected chi connectivity index (χ4v) is 2.43. The molecule has 1 heterocycles. The van der Waals surface area contributed by atoms with E-state index in [2.05, 4.69) is 0 Å². The topological polar surface area (TPSA) is 22.0 Å². The van der Waals surface area contributed by atoms with Gasteiger partial charge in [0.15, 0.2) is 5.78 Å². The Balaban J connectivity index is 1.99. The standard InChI is InChI=1S/C17H13F2NO/c1-11-5-6-12-7-8-20(15(12)9-11)10-16(21)17-13(18)3-2-4-14(17)19/h2-9H,10H2,1H3. The Morgan fingerprint density at radius 1 is 1.10 bits per heavy atom. The van der Waals surface area contributed by atoms with E-state index in [9.17, 15) is 13.6 Å². The van der Waals surface area contributed by atoms with Crippen molar-refractivity contribution in [1.82, 2.24) is 4.57 Å². The van der Waals surface area contributed by atoms with Crippen molar-refractivity contribution in [1.29, 1.82) is 0 Å². The van der Waals surface area contributed by atoms with E-state index in [0.29, 0.717) is 0 Å². The Bertz CT molecular complexity index is 816. The van der Waals surface area contributed by atoms with E-state index in [1.165, 1.54) is 6.07 Å². The lowest BCUT2D eigenvalue weighted by Gasteiger charge is -2.07. The van der Waals surface area contributed by atoms with E-state index in [4.69, 9.17) is 0 Å². The summed E-state index contributed by atoms with van der Waals surface area (Å²) in [4.78, 5) is 12.2. The molecule has 106 valence electrons. The Morgan fingerprint density at radius 2 is 1.81 bits per heavy atom. The number of halogens is 2. The van der Waals surface area contributed by atoms with Crippen molar-refractivity contribution >= 4 is 16.7 Å². The zero-order chi connectivity index (χ0) is 15.0. The van der Waals surface area contributed by atoms with E-state index >= 15 is 0 Å². The van der Waals surface area contributed by atoms with Crippen LogP contribution in [0.25, 0.3) is 10.9 Å². The minimum Gasteiger partial charge on any atom is -0.340 e. The van der Waals surface area contributed by atoms with Gasteiger partial charge in [-0.05, 0) is 42.1 Å². The zero-order valence-electron chi connectivity index (χ0n) is 11.4. The molecular formula is C17H13F2NO. The summed E-state index contributed by atoms with van der Waals surface area (Å²) < 4.78 is 29.0. The van der Waals surface area contributed by atoms with Gasteiger partial charge in [0.2, 0.25) is 0 Å². The summed E-state index contributed by atoms with van der Waals surface area (Å²) in [5.41, 5.74) is 1.46. The van der Waals surface area contributed by atoms with Gasteiger partial charge in [-0.1, -0.05) is 18.2 Å². The van der Waals surface area contributed by atoms with E-state index in [1.54, 1.807) is 10.8 Å². The van der Waals surface area contributed by atoms with Gasteiger partial charge >= 0.3 is 0 Å². The molecule has 0 amide bonds. The molecule has 0 radical (unpaired) electrons. The molecule has 0 aliphatic carbocycles. The predicted molar refractivity (Wildman–Crippen MR) is 77.4 cm³/mol. The van der Waals surface area contributed by atoms with Gasteiger partial charge in [-0.25, -0.2) is 8.78 Å². The van der Waals surface area contributed by atoms with E-state index < -0.39 is 23.0 Å². The summed E-state index contributed by atoms with van der Waals surface area (Å²) in [7, 11) is 0. The molecule has 0 N–H and O–H groups in total. The molecule has 0 fully saturated rings. The first-order chi connectivity index (χ1) is 10.1. The van der Waals surface area contributed by atoms with Gasteiger partial charge in [0, 0.05) is 11.7 Å². The first kappa shape index (κ1) is 13.5. The van der Waals surface area contributed by atoms with Crippen LogP contribution in [0.1, 0.15) is 15.9 Å². The Labute approximate surface area is 120 Å². The number of nitrogens with zero attached hydrogens (tertiary/aromatic N) is 1. The quantitative estimate of drug-likeness (QED) is 0.664. The number of carbonyl (C=O) groups is 1. The van der Waals surface area contributed by atoms with Gasteiger partial charge in [0.1, 0.15) is 11.6 Å². The van der Waals surface area contributed by atoms with Crippen molar-refractivity contribution in [2.45, 2.75) is 13.5 Å². The van der Waals surface area contributed by atoms with Crippen molar-refractivity contribution in [2.24, 2.45) is 0 Å². The summed E-state index contributed by atoms with van der Waals surface area (Å²) in [5.74, 6) is -2.23. The van der Waals surface area contributed by atoms with Gasteiger partial charge < -0.3 is 4.57 Å². The highest BCUT2D eigenvalue weighted by Gasteiger charge is 2.17. The zero-order valence-corrected chi connectivity index (χ0v) is 11.4. The fourth-order valence-electron chi connectivity index (χ4n) is 2.43. The van der Waals surface area contributed by atoms with Crippen molar-refractivity contribution < 1.29 is 13.6 Å². The number of aryl methyl sites for hydroxylation is 1. The van der Waals surface area contributed by atoms with Crippen molar-refractivity contribution in [3.63, 3.8) is 0 Å². The van der Waals surface area contributed by atoms with Crippen LogP contribution < -0.4 is 0 Å². The SMILES string of the molecule is Cc1ccc2ccn(CC(=O)c3c(F)cccc3F)c2c1. The van der Waals surface area contributed by atoms with Gasteiger partial charge in [-0.2, -0.15) is 0 Å². The van der Waals surface area contributed by atoms with E-state index in [-0.39, 0.29) is 6.54 Å². The highest BCUT2D eigenvalue weighted by molar-refractivity contribution is 5.97. The van der Waals surface area contributed by atoms with Crippen molar-refractivity contribution in [2.75, 3.05) is 0 Å². The molecular weight excluding hydrogens is 272 g/mol. The summed E-state index contributed by atoms with van der Waals surface area (Å²) in [5, 5.41) is 0.988. The Hall–Kier alpha value is -2.49. The number of fused-ring (bicyclic) bond motifs is 1. The van der Waals surface area contributed by atoms with Crippen LogP contribution in [0.5, 0.6) is 0 Å². The molecule has 0 saturated heterocycles. The van der Waals surface area contributed by atoms with Gasteiger partial charge in [0.05, 0.1) is 12.1 Å². The highest BCUT2D eigenvalue weighted by Crippen LogP contribution is 2.19. The predicted octanol–water partition coefficient (Wildman–Crippen LogP) is 4.11. The number of ketones is 1. The second kappa shape index (κ2) is 5.13. The minimum atomic E-state index is -0.826. The molecule has 0 atom stereocenters. The number of aromatic nitrogens is 1. The van der Waals surface area contributed by atoms with E-state index in [1.807, 2.05) is 31.2 Å². The first-order valence-corrected chi connectivity index (χ1v) is 6.59. The summed E-state index contributed by atoms with van der Waals surface area (Å²) in [6.07, 6.45) is 1.75. The van der Waals surface area contributed by atoms with Gasteiger partial charge in [0.25, 0.3) is 0 Å². The van der Waals surface area contributed by atoms with Crippen LogP contribution in [0.3, 0.4) is 0 Å². The smallest absolute Gasteiger partial charge is 0.188 e. The number of benzene rings is 2. The second-order valence-corrected chi connectivity index (χ2v) is 5.03. The van der Waals surface area contributed by atoms with Crippen LogP contribution in [0.15, 0.2) is 48.7 Å². The maximum Gasteiger partial charge on any atom is 0.188 e. The van der Waals surface area contributed by atoms with Gasteiger partial charge in [-0.15, -0.1) is 0 Å². The lowest BCUT2D eigenvalue weighted by Crippen LogP contribution is -2.13. The lowest BCUT2D eigenvalue weighted by molar-refractivity contribution is 0.0965. The number of Topliss-reactive ketones (excluding diaryl/α,β-unsaturated/α-hetero) is 1. The third-order valence-corrected chi connectivity index (χ3v) is 3.48. The largest absolute Gasteiger partial charge is 0.340 e. The molecule has 1 aromatic heterocycles. The van der Waals surface area contributed by atoms with Crippen LogP contribution in [-0.2, 0) is 6.54 Å². The molecule has 3 aromatic rings. The summed E-state index contributed by atoms with van der Waals surface area (Å²) >= 11 is 0. The van der Waals surface area contributed by atoms with E-state index in [0.717, 1.165) is 28.6 Å². The van der Waals surface area contributed by atoms with Crippen LogP contribution in [0.2, 0.25) is 0 Å². The number of hydrogen-bond acceptors (Lipinski definition) is 1. The molecule has 0 saturated carbocycles. The maximum absolute atomic E-state index is 13.6. The fraction of sp³-hybridized carbons (Fsp3) is 0.118. The third-order valence-electron chi connectivity index (χ3n) is 3.48. The minimum absolute atomic E-state index is 0.0925. The van der Waals surface area contributed by atoms with Crippen LogP contribution in [-0.4, -0.2) is 10.4 Å². The molecule has 0 aliphatic rings. The molecule has 21 heavy (non-hydrogen) atoms. The monoisotopic (exact) mass is 285 g/mol. The van der Waals surface area contributed by atoms with Crippen molar-refractivity contribution in [3.05, 3.63) is 71.4 Å². The number of carbonyl (C=O) groups excluding carboxylic acids is 1. The second-order valence-electron chi connectivity index (χ2n) is 5.03. The molecule has 0 unspecified atom stereocenters. The number of hydrogen-bond donors (Lipinski definition) is 0. The highest BCUT2D eigenvalue weighted by atomic mass is 19.1. The molecule has 3 rings (SSSR count). The molecule has 0 aliphatic heterocycles. The van der Waals surface area contributed by atoms with Crippen LogP contribution in [0.4, 0.5) is 8.78 Å². The van der Waals surface area contributed by atoms with Gasteiger partial charge in [-0.3, -0.25) is 4.79 Å². The summed E-state index contributed by atoms with van der Waals surface area (Å²) in [6, 6.07) is 11.2. The Kier molecular flexibility index (Phi) is 3.29. The van der Waals surface area contributed by atoms with Crippen LogP contribution in [0, 0.1) is 18.6 Å². The van der Waals surface area contributed by atoms with Crippen LogP contribution >= 0.6 is 0 Å². The lowest BCUT2D eigenvalue weighted by atomic mass is 10.1. The summed E-state index contributed by atoms with van der Waals surface area (Å²) in [6.45, 7) is 1.86. The number of rotatable bonds is 3. The third kappa shape index (κ3) is 2.44. The normalized spacial score (nSPS) is 11.0. The average Bonchev–Trinajstić information content (AvgIpc) is 2.81. The molecule has 2 nitrogen and oxygen atoms in total. The van der Waals surface area contributed by atoms with Crippen molar-refractivity contribution in [3.8, 4) is 0 Å². The Morgan fingerprint density at radius 3 is 2.52 bits per heavy atom. The molecule has 4 heteroatoms. The molecule has 0 bridgehead atoms. The molecule has 0 spiro atoms. The first-order valence-electron chi connectivity index (χ1n) is 6.59. The maximum atomic E-state index is 13.6. The average molecular weight is 285 g/mol.